The molecule has 1 saturated heterocycles. The lowest BCUT2D eigenvalue weighted by Gasteiger charge is -2.40. The lowest BCUT2D eigenvalue weighted by Crippen LogP contribution is -2.48. The Hall–Kier alpha value is -1.52. The predicted molar refractivity (Wildman–Crippen MR) is 97.9 cm³/mol. The van der Waals surface area contributed by atoms with E-state index in [0.717, 1.165) is 12.0 Å². The fraction of sp³-hybridized carbons (Fsp3) is 0.600. The summed E-state index contributed by atoms with van der Waals surface area (Å²) in [5.41, 5.74) is 1.13. The minimum atomic E-state index is -0.509. The van der Waals surface area contributed by atoms with Gasteiger partial charge in [-0.1, -0.05) is 18.6 Å². The lowest BCUT2D eigenvalue weighted by molar-refractivity contribution is 0.0204. The molecule has 1 aliphatic rings. The average Bonchev–Trinajstić information content (AvgIpc) is 2.57. The van der Waals surface area contributed by atoms with Crippen LogP contribution in [-0.2, 0) is 6.42 Å². The molecular weight excluding hydrogens is 302 g/mol. The Bertz CT molecular complexity index is 522. The summed E-state index contributed by atoms with van der Waals surface area (Å²) in [7, 11) is 1.63. The Balaban J connectivity index is 1.91. The average molecular weight is 333 g/mol. The Morgan fingerprint density at radius 1 is 1.29 bits per heavy atom. The highest BCUT2D eigenvalue weighted by molar-refractivity contribution is 5.43. The number of aliphatic hydroxyl groups is 1. The van der Waals surface area contributed by atoms with Crippen molar-refractivity contribution in [2.75, 3.05) is 20.3 Å². The third kappa shape index (κ3) is 4.99. The zero-order valence-corrected chi connectivity index (χ0v) is 15.2. The van der Waals surface area contributed by atoms with Crippen LogP contribution in [0.25, 0.3) is 0 Å². The third-order valence-electron chi connectivity index (χ3n) is 4.84. The molecule has 1 fully saturated rings. The third-order valence-corrected chi connectivity index (χ3v) is 4.84. The molecule has 0 saturated carbocycles. The smallest absolute Gasteiger partial charge is 0.161 e. The Morgan fingerprint density at radius 3 is 2.62 bits per heavy atom. The number of hydrogen-bond donors (Lipinski definition) is 1. The molecule has 134 valence electrons. The molecule has 24 heavy (non-hydrogen) atoms. The second-order valence-corrected chi connectivity index (χ2v) is 6.77. The maximum atomic E-state index is 10.4. The zero-order valence-electron chi connectivity index (χ0n) is 15.2. The molecule has 4 heteroatoms. The second kappa shape index (κ2) is 9.09. The van der Waals surface area contributed by atoms with E-state index in [0.29, 0.717) is 30.1 Å². The number of methoxy groups -OCH3 is 1. The molecule has 4 nitrogen and oxygen atoms in total. The molecule has 0 aromatic heterocycles. The minimum absolute atomic E-state index is 0.271. The van der Waals surface area contributed by atoms with Crippen LogP contribution in [0.2, 0.25) is 0 Å². The van der Waals surface area contributed by atoms with Gasteiger partial charge in [-0.05, 0) is 50.8 Å². The molecule has 1 aliphatic heterocycles. The quantitative estimate of drug-likeness (QED) is 0.740. The highest BCUT2D eigenvalue weighted by Crippen LogP contribution is 2.29. The van der Waals surface area contributed by atoms with Gasteiger partial charge >= 0.3 is 0 Å². The van der Waals surface area contributed by atoms with Crippen molar-refractivity contribution in [2.45, 2.75) is 57.7 Å². The van der Waals surface area contributed by atoms with Gasteiger partial charge in [-0.25, -0.2) is 0 Å². The van der Waals surface area contributed by atoms with Crippen LogP contribution in [0.15, 0.2) is 30.9 Å². The molecule has 0 unspecified atom stereocenters. The van der Waals surface area contributed by atoms with Crippen molar-refractivity contribution in [3.63, 3.8) is 0 Å². The van der Waals surface area contributed by atoms with Gasteiger partial charge in [0.05, 0.1) is 7.11 Å². The second-order valence-electron chi connectivity index (χ2n) is 6.77. The molecule has 0 bridgehead atoms. The van der Waals surface area contributed by atoms with E-state index in [9.17, 15) is 5.11 Å². The maximum Gasteiger partial charge on any atom is 0.161 e. The summed E-state index contributed by atoms with van der Waals surface area (Å²) in [4.78, 5) is 2.39. The van der Waals surface area contributed by atoms with Gasteiger partial charge < -0.3 is 14.6 Å². The zero-order chi connectivity index (χ0) is 17.5. The van der Waals surface area contributed by atoms with Crippen LogP contribution in [0, 0.1) is 0 Å². The number of likely N-dealkylation sites (tertiary alicyclic amines) is 1. The number of hydrogen-bond acceptors (Lipinski definition) is 4. The Labute approximate surface area is 146 Å². The van der Waals surface area contributed by atoms with Crippen molar-refractivity contribution < 1.29 is 14.6 Å². The van der Waals surface area contributed by atoms with Gasteiger partial charge in [-0.2, -0.15) is 0 Å². The van der Waals surface area contributed by atoms with Crippen LogP contribution in [0.3, 0.4) is 0 Å². The predicted octanol–water partition coefficient (Wildman–Crippen LogP) is 3.43. The fourth-order valence-corrected chi connectivity index (χ4v) is 3.44. The molecule has 1 aromatic carbocycles. The van der Waals surface area contributed by atoms with E-state index < -0.39 is 6.10 Å². The number of rotatable bonds is 8. The first kappa shape index (κ1) is 18.8. The van der Waals surface area contributed by atoms with E-state index in [1.54, 1.807) is 7.11 Å². The lowest BCUT2D eigenvalue weighted by atomic mass is 9.97. The summed E-state index contributed by atoms with van der Waals surface area (Å²) in [6.45, 7) is 9.16. The molecule has 0 spiro atoms. The molecule has 2 rings (SSSR count). The highest BCUT2D eigenvalue weighted by Gasteiger charge is 2.26. The summed E-state index contributed by atoms with van der Waals surface area (Å²) < 4.78 is 11.2. The van der Waals surface area contributed by atoms with E-state index in [-0.39, 0.29) is 6.61 Å². The van der Waals surface area contributed by atoms with E-state index in [1.807, 2.05) is 24.3 Å². The van der Waals surface area contributed by atoms with Gasteiger partial charge in [-0.3, -0.25) is 4.90 Å². The van der Waals surface area contributed by atoms with Gasteiger partial charge in [0.2, 0.25) is 0 Å². The molecule has 3 atom stereocenters. The molecular formula is C20H31NO3. The maximum absolute atomic E-state index is 10.4. The number of aliphatic hydroxyl groups excluding tert-OH is 1. The van der Waals surface area contributed by atoms with Crippen molar-refractivity contribution >= 4 is 0 Å². The number of β-amino-alcohol motifs (C(OH)–C–C–N with tert-alkyl or cyclic N) is 1. The van der Waals surface area contributed by atoms with Crippen molar-refractivity contribution in [3.8, 4) is 11.5 Å². The fourth-order valence-electron chi connectivity index (χ4n) is 3.44. The van der Waals surface area contributed by atoms with Gasteiger partial charge in [0.25, 0.3) is 0 Å². The van der Waals surface area contributed by atoms with Crippen molar-refractivity contribution in [2.24, 2.45) is 0 Å². The number of benzene rings is 1. The molecule has 0 radical (unpaired) electrons. The monoisotopic (exact) mass is 333 g/mol. The van der Waals surface area contributed by atoms with E-state index in [2.05, 4.69) is 25.3 Å². The van der Waals surface area contributed by atoms with Crippen LogP contribution in [0.5, 0.6) is 11.5 Å². The summed E-state index contributed by atoms with van der Waals surface area (Å²) in [5, 5.41) is 10.4. The van der Waals surface area contributed by atoms with Crippen molar-refractivity contribution in [1.82, 2.24) is 4.90 Å². The molecule has 0 aliphatic carbocycles. The van der Waals surface area contributed by atoms with E-state index >= 15 is 0 Å². The molecule has 0 amide bonds. The highest BCUT2D eigenvalue weighted by atomic mass is 16.5. The van der Waals surface area contributed by atoms with Crippen LogP contribution >= 0.6 is 0 Å². The van der Waals surface area contributed by atoms with Gasteiger partial charge in [0, 0.05) is 18.6 Å². The number of nitrogens with zero attached hydrogens (tertiary/aromatic N) is 1. The topological polar surface area (TPSA) is 41.9 Å². The first-order valence-electron chi connectivity index (χ1n) is 8.89. The van der Waals surface area contributed by atoms with Crippen LogP contribution in [0.4, 0.5) is 0 Å². The van der Waals surface area contributed by atoms with Crippen LogP contribution in [-0.4, -0.2) is 48.5 Å². The molecule has 1 aromatic rings. The van der Waals surface area contributed by atoms with Gasteiger partial charge in [0.15, 0.2) is 11.5 Å². The molecule has 1 heterocycles. The van der Waals surface area contributed by atoms with Crippen LogP contribution < -0.4 is 9.47 Å². The largest absolute Gasteiger partial charge is 0.493 e. The van der Waals surface area contributed by atoms with Crippen LogP contribution in [0.1, 0.15) is 38.7 Å². The van der Waals surface area contributed by atoms with E-state index in [4.69, 9.17) is 9.47 Å². The van der Waals surface area contributed by atoms with Gasteiger partial charge in [-0.15, -0.1) is 6.58 Å². The van der Waals surface area contributed by atoms with Crippen molar-refractivity contribution in [1.29, 1.82) is 0 Å². The number of piperidine rings is 1. The SMILES string of the molecule is C=CCc1ccc(OC[C@H](O)CN2[C@@H](C)CCC[C@@H]2C)c(OC)c1. The normalized spacial score (nSPS) is 22.8. The number of allylic oxidation sites excluding steroid dienone is 1. The minimum Gasteiger partial charge on any atom is -0.493 e. The first-order valence-corrected chi connectivity index (χ1v) is 8.89. The summed E-state index contributed by atoms with van der Waals surface area (Å²) >= 11 is 0. The Morgan fingerprint density at radius 2 is 2.00 bits per heavy atom. The molecule has 1 N–H and O–H groups in total. The van der Waals surface area contributed by atoms with Gasteiger partial charge in [0.1, 0.15) is 12.7 Å². The van der Waals surface area contributed by atoms with Crippen molar-refractivity contribution in [3.05, 3.63) is 36.4 Å². The van der Waals surface area contributed by atoms with E-state index in [1.165, 1.54) is 19.3 Å². The number of ether oxygens (including phenoxy) is 2. The Kier molecular flexibility index (Phi) is 7.13. The summed E-state index contributed by atoms with van der Waals surface area (Å²) in [6, 6.07) is 6.90. The summed E-state index contributed by atoms with van der Waals surface area (Å²) in [5.74, 6) is 1.37. The standard InChI is InChI=1S/C20H31NO3/c1-5-7-17-10-11-19(20(12-17)23-4)24-14-18(22)13-21-15(2)8-6-9-16(21)3/h5,10-12,15-16,18,22H,1,6-9,13-14H2,2-4H3/t15-,16-,18+/m0/s1. The first-order chi connectivity index (χ1) is 11.5. The summed E-state index contributed by atoms with van der Waals surface area (Å²) in [6.07, 6.45) is 5.84.